The number of nitrogens with two attached hydrogens (primary N) is 2. The van der Waals surface area contributed by atoms with Crippen molar-refractivity contribution < 1.29 is 19.3 Å². The zero-order valence-corrected chi connectivity index (χ0v) is 12.2. The van der Waals surface area contributed by atoms with Gasteiger partial charge in [-0.25, -0.2) is 9.37 Å². The van der Waals surface area contributed by atoms with Gasteiger partial charge in [-0.1, -0.05) is 11.6 Å². The number of aromatic nitrogens is 4. The average Bonchev–Trinajstić information content (AvgIpc) is 2.93. The summed E-state index contributed by atoms with van der Waals surface area (Å²) in [5.41, 5.74) is 9.64. The Kier molecular flexibility index (Phi) is 3.18. The number of ether oxygens (including phenoxy) is 1. The fourth-order valence-corrected chi connectivity index (χ4v) is 2.83. The smallest absolute Gasteiger partial charge is 0.259 e. The molecule has 0 aromatic carbocycles. The molecule has 2 aromatic rings. The molecule has 0 radical (unpaired) electrons. The molecular formula is C11H14ClFN6O3. The van der Waals surface area contributed by atoms with Crippen LogP contribution in [0.15, 0.2) is 6.33 Å². The molecule has 1 saturated heterocycles. The van der Waals surface area contributed by atoms with Crippen LogP contribution in [-0.4, -0.2) is 53.7 Å². The Bertz CT molecular complexity index is 740. The van der Waals surface area contributed by atoms with Crippen molar-refractivity contribution in [3.63, 3.8) is 0 Å². The van der Waals surface area contributed by atoms with E-state index in [9.17, 15) is 14.6 Å². The van der Waals surface area contributed by atoms with Crippen LogP contribution in [0.1, 0.15) is 6.92 Å². The summed E-state index contributed by atoms with van der Waals surface area (Å²) >= 11 is 5.86. The zero-order valence-electron chi connectivity index (χ0n) is 11.4. The molecule has 6 N–H and O–H groups in total. The molecule has 0 spiro atoms. The van der Waals surface area contributed by atoms with Crippen LogP contribution in [0.3, 0.4) is 0 Å². The third-order valence-electron chi connectivity index (χ3n) is 3.80. The number of fused-ring (bicyclic) bond motifs is 1. The average molecular weight is 333 g/mol. The van der Waals surface area contributed by atoms with Gasteiger partial charge in [-0.15, -0.1) is 0 Å². The highest BCUT2D eigenvalue weighted by Gasteiger charge is 2.65. The Hall–Kier alpha value is -1.75. The largest absolute Gasteiger partial charge is 0.394 e. The minimum Gasteiger partial charge on any atom is -0.394 e. The second-order valence-corrected chi connectivity index (χ2v) is 5.69. The summed E-state index contributed by atoms with van der Waals surface area (Å²) in [6.07, 6.45) is -1.75. The molecule has 1 aliphatic heterocycles. The normalized spacial score (nSPS) is 35.3. The molecule has 2 aromatic heterocycles. The van der Waals surface area contributed by atoms with Gasteiger partial charge in [0.15, 0.2) is 17.2 Å². The Labute approximate surface area is 128 Å². The lowest BCUT2D eigenvalue weighted by atomic mass is 10.0. The number of nitrogen functional groups attached to an aromatic ring is 2. The highest BCUT2D eigenvalue weighted by atomic mass is 35.5. The standard InChI is InChI=1S/C11H14ClFN6O3/c1-10(11(12,13)6(21)4(2-20)22-10)19-3-16-5-7(14)17-9(15)18-8(5)19/h3-4,6,20-21H,2H2,1H3,(H4,14,15,17,18). The van der Waals surface area contributed by atoms with Gasteiger partial charge < -0.3 is 26.4 Å². The summed E-state index contributed by atoms with van der Waals surface area (Å²) in [5.74, 6) is -0.118. The second-order valence-electron chi connectivity index (χ2n) is 5.14. The summed E-state index contributed by atoms with van der Waals surface area (Å²) in [4.78, 5) is 11.7. The number of alkyl halides is 2. The first-order valence-corrected chi connectivity index (χ1v) is 6.71. The Morgan fingerprint density at radius 2 is 2.18 bits per heavy atom. The number of hydrogen-bond acceptors (Lipinski definition) is 8. The molecule has 0 saturated carbocycles. The van der Waals surface area contributed by atoms with Crippen molar-refractivity contribution in [3.05, 3.63) is 6.33 Å². The molecule has 22 heavy (non-hydrogen) atoms. The molecule has 120 valence electrons. The van der Waals surface area contributed by atoms with Crippen LogP contribution in [0.2, 0.25) is 0 Å². The molecule has 0 aliphatic carbocycles. The maximum Gasteiger partial charge on any atom is 0.259 e. The van der Waals surface area contributed by atoms with Crippen LogP contribution in [0, 0.1) is 0 Å². The van der Waals surface area contributed by atoms with Crippen LogP contribution in [0.25, 0.3) is 11.2 Å². The molecule has 0 amide bonds. The van der Waals surface area contributed by atoms with E-state index in [0.717, 1.165) is 0 Å². The number of halogens is 2. The van der Waals surface area contributed by atoms with Crippen LogP contribution in [0.4, 0.5) is 16.2 Å². The van der Waals surface area contributed by atoms with Crippen molar-refractivity contribution in [1.82, 2.24) is 19.5 Å². The molecule has 4 atom stereocenters. The van der Waals surface area contributed by atoms with Gasteiger partial charge in [0.1, 0.15) is 17.7 Å². The van der Waals surface area contributed by atoms with Gasteiger partial charge in [0.2, 0.25) is 5.95 Å². The molecule has 9 nitrogen and oxygen atoms in total. The summed E-state index contributed by atoms with van der Waals surface area (Å²) in [6.45, 7) is 0.690. The van der Waals surface area contributed by atoms with Crippen molar-refractivity contribution in [3.8, 4) is 0 Å². The quantitative estimate of drug-likeness (QED) is 0.529. The third kappa shape index (κ3) is 1.78. The van der Waals surface area contributed by atoms with E-state index in [4.69, 9.17) is 27.8 Å². The molecule has 11 heteroatoms. The molecule has 1 aliphatic rings. The lowest BCUT2D eigenvalue weighted by Crippen LogP contribution is -2.48. The molecule has 4 unspecified atom stereocenters. The minimum atomic E-state index is -2.73. The summed E-state index contributed by atoms with van der Waals surface area (Å²) in [7, 11) is 0. The van der Waals surface area contributed by atoms with E-state index in [1.54, 1.807) is 0 Å². The van der Waals surface area contributed by atoms with Crippen LogP contribution < -0.4 is 11.5 Å². The van der Waals surface area contributed by atoms with Crippen molar-refractivity contribution in [2.75, 3.05) is 18.1 Å². The summed E-state index contributed by atoms with van der Waals surface area (Å²) in [5, 5.41) is 16.4. The second kappa shape index (κ2) is 4.62. The van der Waals surface area contributed by atoms with Crippen molar-refractivity contribution in [1.29, 1.82) is 0 Å². The monoisotopic (exact) mass is 332 g/mol. The lowest BCUT2D eigenvalue weighted by molar-refractivity contribution is -0.127. The van der Waals surface area contributed by atoms with E-state index in [2.05, 4.69) is 15.0 Å². The van der Waals surface area contributed by atoms with Gasteiger partial charge in [0.25, 0.3) is 5.13 Å². The first-order valence-electron chi connectivity index (χ1n) is 6.33. The topological polar surface area (TPSA) is 145 Å². The predicted molar refractivity (Wildman–Crippen MR) is 75.5 cm³/mol. The SMILES string of the molecule is CC1(n2cnc3c(N)nc(N)nc32)OC(CO)C(O)C1(F)Cl. The van der Waals surface area contributed by atoms with Gasteiger partial charge in [-0.2, -0.15) is 9.97 Å². The van der Waals surface area contributed by atoms with E-state index in [1.165, 1.54) is 17.8 Å². The maximum atomic E-state index is 14.9. The highest BCUT2D eigenvalue weighted by molar-refractivity contribution is 6.24. The van der Waals surface area contributed by atoms with Gasteiger partial charge in [-0.3, -0.25) is 4.57 Å². The van der Waals surface area contributed by atoms with Crippen LogP contribution in [-0.2, 0) is 10.5 Å². The summed E-state index contributed by atoms with van der Waals surface area (Å²) in [6, 6.07) is 0. The van der Waals surface area contributed by atoms with Gasteiger partial charge >= 0.3 is 0 Å². The van der Waals surface area contributed by atoms with Crippen LogP contribution >= 0.6 is 11.6 Å². The Morgan fingerprint density at radius 3 is 2.77 bits per heavy atom. The van der Waals surface area contributed by atoms with Crippen molar-refractivity contribution in [2.45, 2.75) is 30.0 Å². The molecule has 3 heterocycles. The third-order valence-corrected chi connectivity index (χ3v) is 4.38. The fourth-order valence-electron chi connectivity index (χ4n) is 2.55. The maximum absolute atomic E-state index is 14.9. The van der Waals surface area contributed by atoms with Crippen LogP contribution in [0.5, 0.6) is 0 Å². The number of nitrogens with zero attached hydrogens (tertiary/aromatic N) is 4. The number of anilines is 2. The van der Waals surface area contributed by atoms with Gasteiger partial charge in [0, 0.05) is 0 Å². The highest BCUT2D eigenvalue weighted by Crippen LogP contribution is 2.49. The number of hydrogen-bond donors (Lipinski definition) is 4. The number of rotatable bonds is 2. The number of aliphatic hydroxyl groups is 2. The molecule has 1 fully saturated rings. The van der Waals surface area contributed by atoms with E-state index in [-0.39, 0.29) is 22.9 Å². The first kappa shape index (κ1) is 15.2. The minimum absolute atomic E-state index is 0.0149. The van der Waals surface area contributed by atoms with Crippen molar-refractivity contribution in [2.24, 2.45) is 0 Å². The van der Waals surface area contributed by atoms with E-state index in [0.29, 0.717) is 0 Å². The van der Waals surface area contributed by atoms with E-state index < -0.39 is 29.7 Å². The Morgan fingerprint density at radius 1 is 1.50 bits per heavy atom. The fraction of sp³-hybridized carbons (Fsp3) is 0.545. The van der Waals surface area contributed by atoms with Gasteiger partial charge in [0.05, 0.1) is 12.9 Å². The lowest BCUT2D eigenvalue weighted by Gasteiger charge is -2.33. The first-order chi connectivity index (χ1) is 10.2. The number of aliphatic hydroxyl groups excluding tert-OH is 2. The Balaban J connectivity index is 2.22. The number of imidazole rings is 1. The summed E-state index contributed by atoms with van der Waals surface area (Å²) < 4.78 is 21.5. The molecule has 3 rings (SSSR count). The molecular weight excluding hydrogens is 319 g/mol. The van der Waals surface area contributed by atoms with E-state index >= 15 is 0 Å². The predicted octanol–water partition coefficient (Wildman–Crippen LogP) is -0.680. The zero-order chi connectivity index (χ0) is 16.3. The van der Waals surface area contributed by atoms with Crippen molar-refractivity contribution >= 4 is 34.5 Å². The van der Waals surface area contributed by atoms with E-state index in [1.807, 2.05) is 0 Å². The molecule has 0 bridgehead atoms. The van der Waals surface area contributed by atoms with Gasteiger partial charge in [-0.05, 0) is 6.92 Å².